The van der Waals surface area contributed by atoms with E-state index in [4.69, 9.17) is 9.79 Å². The van der Waals surface area contributed by atoms with Crippen LogP contribution in [0.5, 0.6) is 0 Å². The van der Waals surface area contributed by atoms with Crippen LogP contribution in [-0.4, -0.2) is 75.6 Å². The summed E-state index contributed by atoms with van der Waals surface area (Å²) >= 11 is 0. The molecule has 3 heterocycles. The summed E-state index contributed by atoms with van der Waals surface area (Å²) in [7, 11) is -5.70. The molecule has 10 nitrogen and oxygen atoms in total. The molecule has 0 radical (unpaired) electrons. The third-order valence-corrected chi connectivity index (χ3v) is 9.72. The minimum absolute atomic E-state index is 0.0755. The topological polar surface area (TPSA) is 139 Å². The molecule has 5 rings (SSSR count). The first-order valence-electron chi connectivity index (χ1n) is 14.8. The van der Waals surface area contributed by atoms with Gasteiger partial charge in [-0.3, -0.25) is 18.9 Å². The molecule has 3 aliphatic rings. The van der Waals surface area contributed by atoms with Crippen LogP contribution in [0.25, 0.3) is 6.08 Å². The van der Waals surface area contributed by atoms with Crippen molar-refractivity contribution >= 4 is 31.4 Å². The molecule has 0 saturated carbocycles. The SMILES string of the molecule is O=C(/C=C/c1ccc(C(F)(F)P(=O)(O)O)cc1)NC(C(=O)N1CCC[C@H]1C(=O)N1CCc2ccccc2C1)C1CCNCC1. The van der Waals surface area contributed by atoms with E-state index in [0.717, 1.165) is 24.1 Å². The Balaban J connectivity index is 1.28. The lowest BCUT2D eigenvalue weighted by Crippen LogP contribution is -2.57. The molecule has 0 spiro atoms. The van der Waals surface area contributed by atoms with Crippen LogP contribution in [0.2, 0.25) is 0 Å². The zero-order valence-electron chi connectivity index (χ0n) is 24.2. The first-order valence-corrected chi connectivity index (χ1v) is 16.5. The number of carbonyl (C=O) groups excluding carboxylic acids is 3. The standard InChI is InChI=1S/C31H37F2N4O6P/c32-31(33,44(41,42)43)25-10-7-21(8-11-25)9-12-27(38)35-28(23-13-16-34-17-14-23)30(40)37-18-3-6-26(37)29(39)36-19-15-22-4-1-2-5-24(22)20-36/h1-2,4-5,7-12,23,26,28,34H,3,6,13-20H2,(H,35,38)(H2,41,42,43)/b12-9+/t26-,28?/m0/s1. The van der Waals surface area contributed by atoms with Crippen LogP contribution < -0.4 is 10.6 Å². The van der Waals surface area contributed by atoms with Crippen molar-refractivity contribution in [3.05, 3.63) is 76.9 Å². The number of benzene rings is 2. The van der Waals surface area contributed by atoms with Gasteiger partial charge in [0.05, 0.1) is 0 Å². The van der Waals surface area contributed by atoms with Crippen LogP contribution in [0.1, 0.15) is 47.9 Å². The summed E-state index contributed by atoms with van der Waals surface area (Å²) in [6.07, 6.45) is 5.92. The fraction of sp³-hybridized carbons (Fsp3) is 0.452. The normalized spacial score (nSPS) is 20.4. The van der Waals surface area contributed by atoms with E-state index in [9.17, 15) is 27.7 Å². The maximum atomic E-state index is 14.0. The highest BCUT2D eigenvalue weighted by molar-refractivity contribution is 7.52. The molecular weight excluding hydrogens is 593 g/mol. The summed E-state index contributed by atoms with van der Waals surface area (Å²) in [6, 6.07) is 10.8. The van der Waals surface area contributed by atoms with Crippen molar-refractivity contribution in [3.8, 4) is 0 Å². The van der Waals surface area contributed by atoms with Gasteiger partial charge in [0.25, 0.3) is 0 Å². The Morgan fingerprint density at radius 3 is 2.36 bits per heavy atom. The smallest absolute Gasteiger partial charge is 0.340 e. The van der Waals surface area contributed by atoms with Crippen LogP contribution in [-0.2, 0) is 37.6 Å². The lowest BCUT2D eigenvalue weighted by molar-refractivity contribution is -0.147. The van der Waals surface area contributed by atoms with E-state index in [1.54, 1.807) is 4.90 Å². The number of hydrogen-bond donors (Lipinski definition) is 4. The molecule has 2 fully saturated rings. The van der Waals surface area contributed by atoms with Gasteiger partial charge in [0.2, 0.25) is 17.7 Å². The zero-order valence-corrected chi connectivity index (χ0v) is 25.1. The quantitative estimate of drug-likeness (QED) is 0.260. The number of nitrogens with one attached hydrogen (secondary N) is 2. The van der Waals surface area contributed by atoms with Crippen molar-refractivity contribution < 1.29 is 37.5 Å². The summed E-state index contributed by atoms with van der Waals surface area (Å²) in [5, 5.41) is 6.11. The third-order valence-electron chi connectivity index (χ3n) is 8.73. The second kappa shape index (κ2) is 13.3. The summed E-state index contributed by atoms with van der Waals surface area (Å²) in [5.41, 5.74) is -2.48. The Morgan fingerprint density at radius 2 is 1.68 bits per heavy atom. The molecule has 2 aromatic rings. The Hall–Kier alpha value is -3.44. The molecular formula is C31H37F2N4O6P. The molecule has 1 unspecified atom stereocenters. The Kier molecular flexibility index (Phi) is 9.65. The molecule has 0 bridgehead atoms. The van der Waals surface area contributed by atoms with E-state index in [0.29, 0.717) is 64.0 Å². The summed E-state index contributed by atoms with van der Waals surface area (Å²) in [4.78, 5) is 62.1. The minimum atomic E-state index is -5.70. The zero-order chi connectivity index (χ0) is 31.5. The van der Waals surface area contributed by atoms with Gasteiger partial charge in [-0.15, -0.1) is 0 Å². The predicted molar refractivity (Wildman–Crippen MR) is 159 cm³/mol. The number of halogens is 2. The second-order valence-corrected chi connectivity index (χ2v) is 13.2. The van der Waals surface area contributed by atoms with Crippen molar-refractivity contribution in [1.29, 1.82) is 0 Å². The van der Waals surface area contributed by atoms with E-state index in [1.165, 1.54) is 29.8 Å². The number of rotatable bonds is 8. The predicted octanol–water partition coefficient (Wildman–Crippen LogP) is 2.99. The average Bonchev–Trinajstić information content (AvgIpc) is 3.52. The number of amides is 3. The molecule has 2 saturated heterocycles. The van der Waals surface area contributed by atoms with Crippen molar-refractivity contribution in [2.75, 3.05) is 26.2 Å². The van der Waals surface area contributed by atoms with Crippen molar-refractivity contribution in [3.63, 3.8) is 0 Å². The van der Waals surface area contributed by atoms with E-state index in [-0.39, 0.29) is 17.7 Å². The molecule has 2 atom stereocenters. The highest BCUT2D eigenvalue weighted by atomic mass is 31.2. The van der Waals surface area contributed by atoms with Gasteiger partial charge in [0.1, 0.15) is 12.1 Å². The molecule has 2 aromatic carbocycles. The Bertz CT molecular complexity index is 1460. The summed E-state index contributed by atoms with van der Waals surface area (Å²) in [5.74, 6) is -1.04. The molecule has 0 aliphatic carbocycles. The number of piperidine rings is 1. The lowest BCUT2D eigenvalue weighted by atomic mass is 9.89. The second-order valence-electron chi connectivity index (χ2n) is 11.6. The van der Waals surface area contributed by atoms with Crippen molar-refractivity contribution in [2.24, 2.45) is 5.92 Å². The van der Waals surface area contributed by atoms with Crippen LogP contribution in [0.3, 0.4) is 0 Å². The first-order chi connectivity index (χ1) is 21.0. The van der Waals surface area contributed by atoms with Gasteiger partial charge in [-0.2, -0.15) is 8.78 Å². The number of carbonyl (C=O) groups is 3. The van der Waals surface area contributed by atoms with Gasteiger partial charge in [-0.25, -0.2) is 0 Å². The van der Waals surface area contributed by atoms with E-state index in [1.807, 2.05) is 23.1 Å². The fourth-order valence-electron chi connectivity index (χ4n) is 6.26. The van der Waals surface area contributed by atoms with Crippen LogP contribution in [0.4, 0.5) is 8.78 Å². The van der Waals surface area contributed by atoms with Gasteiger partial charge in [-0.05, 0) is 73.9 Å². The highest BCUT2D eigenvalue weighted by Gasteiger charge is 2.50. The molecule has 236 valence electrons. The van der Waals surface area contributed by atoms with Crippen LogP contribution in [0.15, 0.2) is 54.6 Å². The van der Waals surface area contributed by atoms with E-state index >= 15 is 0 Å². The summed E-state index contributed by atoms with van der Waals surface area (Å²) < 4.78 is 39.1. The minimum Gasteiger partial charge on any atom is -0.340 e. The average molecular weight is 631 g/mol. The van der Waals surface area contributed by atoms with Gasteiger partial charge in [0.15, 0.2) is 0 Å². The van der Waals surface area contributed by atoms with Crippen LogP contribution >= 0.6 is 7.60 Å². The monoisotopic (exact) mass is 630 g/mol. The van der Waals surface area contributed by atoms with Crippen LogP contribution in [0, 0.1) is 5.92 Å². The number of hydrogen-bond acceptors (Lipinski definition) is 5. The van der Waals surface area contributed by atoms with E-state index < -0.39 is 36.8 Å². The van der Waals surface area contributed by atoms with Gasteiger partial charge < -0.3 is 30.2 Å². The molecule has 0 aromatic heterocycles. The lowest BCUT2D eigenvalue weighted by Gasteiger charge is -2.37. The largest absolute Gasteiger partial charge is 0.399 e. The number of nitrogens with zero attached hydrogens (tertiary/aromatic N) is 2. The third kappa shape index (κ3) is 6.94. The molecule has 3 amide bonds. The maximum absolute atomic E-state index is 14.0. The molecule has 4 N–H and O–H groups in total. The Morgan fingerprint density at radius 1 is 1.00 bits per heavy atom. The fourth-order valence-corrected chi connectivity index (χ4v) is 6.74. The van der Waals surface area contributed by atoms with Crippen molar-refractivity contribution in [2.45, 2.75) is 56.4 Å². The van der Waals surface area contributed by atoms with Crippen molar-refractivity contribution in [1.82, 2.24) is 20.4 Å². The number of alkyl halides is 2. The van der Waals surface area contributed by atoms with Gasteiger partial charge in [0, 0.05) is 31.3 Å². The van der Waals surface area contributed by atoms with Gasteiger partial charge >= 0.3 is 13.3 Å². The summed E-state index contributed by atoms with van der Waals surface area (Å²) in [6.45, 7) is 2.91. The maximum Gasteiger partial charge on any atom is 0.399 e. The first kappa shape index (κ1) is 32.0. The highest BCUT2D eigenvalue weighted by Crippen LogP contribution is 2.59. The van der Waals surface area contributed by atoms with E-state index in [2.05, 4.69) is 16.7 Å². The number of likely N-dealkylation sites (tertiary alicyclic amines) is 1. The molecule has 3 aliphatic heterocycles. The number of fused-ring (bicyclic) bond motifs is 1. The molecule has 44 heavy (non-hydrogen) atoms. The Labute approximate surface area is 254 Å². The van der Waals surface area contributed by atoms with Gasteiger partial charge in [-0.1, -0.05) is 48.5 Å². The molecule has 13 heteroatoms.